The minimum absolute atomic E-state index is 0.243. The Hall–Kier alpha value is -1.16. The van der Waals surface area contributed by atoms with E-state index in [-0.39, 0.29) is 6.10 Å². The minimum Gasteiger partial charge on any atom is -0.460 e. The van der Waals surface area contributed by atoms with E-state index in [4.69, 9.17) is 10.5 Å². The van der Waals surface area contributed by atoms with E-state index in [2.05, 4.69) is 9.97 Å². The zero-order valence-electron chi connectivity index (χ0n) is 9.02. The summed E-state index contributed by atoms with van der Waals surface area (Å²) in [5.74, 6) is 0. The Morgan fingerprint density at radius 1 is 1.20 bits per heavy atom. The molecule has 0 aliphatic heterocycles. The van der Waals surface area contributed by atoms with Gasteiger partial charge in [0.15, 0.2) is 0 Å². The molecule has 82 valence electrons. The molecule has 15 heavy (non-hydrogen) atoms. The van der Waals surface area contributed by atoms with Crippen molar-refractivity contribution in [3.8, 4) is 6.01 Å². The van der Waals surface area contributed by atoms with Gasteiger partial charge in [0.1, 0.15) is 6.10 Å². The Morgan fingerprint density at radius 3 is 2.40 bits per heavy atom. The van der Waals surface area contributed by atoms with Crippen LogP contribution in [-0.2, 0) is 0 Å². The standard InChI is InChI=1S/C11H17N3O/c1-8-6-13-11(14-7-8)15-10-4-2-9(12)3-5-10/h6-7,9-10H,2-5,12H2,1H3. The van der Waals surface area contributed by atoms with Crippen molar-refractivity contribution in [2.75, 3.05) is 0 Å². The zero-order valence-corrected chi connectivity index (χ0v) is 9.02. The first-order valence-corrected chi connectivity index (χ1v) is 5.45. The lowest BCUT2D eigenvalue weighted by atomic mass is 9.94. The predicted molar refractivity (Wildman–Crippen MR) is 57.6 cm³/mol. The molecule has 1 aromatic rings. The summed E-state index contributed by atoms with van der Waals surface area (Å²) < 4.78 is 5.68. The van der Waals surface area contributed by atoms with Crippen molar-refractivity contribution in [1.82, 2.24) is 9.97 Å². The summed E-state index contributed by atoms with van der Waals surface area (Å²) in [5, 5.41) is 0. The first-order valence-electron chi connectivity index (χ1n) is 5.45. The third-order valence-electron chi connectivity index (χ3n) is 2.75. The summed E-state index contributed by atoms with van der Waals surface area (Å²) in [6.07, 6.45) is 7.89. The van der Waals surface area contributed by atoms with Crippen molar-refractivity contribution in [3.63, 3.8) is 0 Å². The fourth-order valence-corrected chi connectivity index (χ4v) is 1.80. The van der Waals surface area contributed by atoms with Crippen molar-refractivity contribution in [3.05, 3.63) is 18.0 Å². The number of ether oxygens (including phenoxy) is 1. The van der Waals surface area contributed by atoms with E-state index in [0.717, 1.165) is 31.2 Å². The molecule has 2 rings (SSSR count). The molecule has 0 bridgehead atoms. The summed E-state index contributed by atoms with van der Waals surface area (Å²) in [6, 6.07) is 0.838. The topological polar surface area (TPSA) is 61.0 Å². The van der Waals surface area contributed by atoms with Crippen LogP contribution in [0.2, 0.25) is 0 Å². The molecule has 1 heterocycles. The molecule has 1 aromatic heterocycles. The van der Waals surface area contributed by atoms with Crippen LogP contribution in [0.1, 0.15) is 31.2 Å². The normalized spacial score (nSPS) is 26.3. The summed E-state index contributed by atoms with van der Waals surface area (Å²) in [6.45, 7) is 1.96. The van der Waals surface area contributed by atoms with Crippen molar-refractivity contribution in [2.24, 2.45) is 5.73 Å². The number of rotatable bonds is 2. The minimum atomic E-state index is 0.243. The second-order valence-electron chi connectivity index (χ2n) is 4.20. The lowest BCUT2D eigenvalue weighted by Gasteiger charge is -2.25. The quantitative estimate of drug-likeness (QED) is 0.797. The molecule has 0 atom stereocenters. The third-order valence-corrected chi connectivity index (χ3v) is 2.75. The molecular weight excluding hydrogens is 190 g/mol. The largest absolute Gasteiger partial charge is 0.460 e. The van der Waals surface area contributed by atoms with Crippen LogP contribution in [0.4, 0.5) is 0 Å². The van der Waals surface area contributed by atoms with Crippen LogP contribution >= 0.6 is 0 Å². The summed E-state index contributed by atoms with van der Waals surface area (Å²) in [5.41, 5.74) is 6.87. The zero-order chi connectivity index (χ0) is 10.7. The van der Waals surface area contributed by atoms with E-state index in [1.807, 2.05) is 6.92 Å². The van der Waals surface area contributed by atoms with E-state index < -0.39 is 0 Å². The van der Waals surface area contributed by atoms with Crippen LogP contribution in [0, 0.1) is 6.92 Å². The molecule has 0 radical (unpaired) electrons. The Morgan fingerprint density at radius 2 is 1.80 bits per heavy atom. The highest BCUT2D eigenvalue weighted by molar-refractivity contribution is 5.04. The van der Waals surface area contributed by atoms with E-state index in [0.29, 0.717) is 12.1 Å². The molecule has 0 unspecified atom stereocenters. The van der Waals surface area contributed by atoms with E-state index in [1.54, 1.807) is 12.4 Å². The highest BCUT2D eigenvalue weighted by Crippen LogP contribution is 2.20. The van der Waals surface area contributed by atoms with Crippen molar-refractivity contribution in [1.29, 1.82) is 0 Å². The van der Waals surface area contributed by atoms with Crippen molar-refractivity contribution in [2.45, 2.75) is 44.8 Å². The summed E-state index contributed by atoms with van der Waals surface area (Å²) >= 11 is 0. The second kappa shape index (κ2) is 4.57. The van der Waals surface area contributed by atoms with Crippen LogP contribution in [0.3, 0.4) is 0 Å². The summed E-state index contributed by atoms with van der Waals surface area (Å²) in [4.78, 5) is 8.25. The monoisotopic (exact) mass is 207 g/mol. The fraction of sp³-hybridized carbons (Fsp3) is 0.636. The molecule has 0 amide bonds. The van der Waals surface area contributed by atoms with Crippen LogP contribution < -0.4 is 10.5 Å². The molecule has 4 heteroatoms. The Kier molecular flexibility index (Phi) is 3.16. The van der Waals surface area contributed by atoms with Gasteiger partial charge in [-0.2, -0.15) is 0 Å². The molecule has 1 fully saturated rings. The molecule has 0 saturated heterocycles. The lowest BCUT2D eigenvalue weighted by Crippen LogP contribution is -2.32. The van der Waals surface area contributed by atoms with Gasteiger partial charge in [-0.05, 0) is 38.2 Å². The van der Waals surface area contributed by atoms with Gasteiger partial charge in [0.05, 0.1) is 0 Å². The first kappa shape index (κ1) is 10.4. The molecule has 1 saturated carbocycles. The van der Waals surface area contributed by atoms with Gasteiger partial charge in [0.2, 0.25) is 0 Å². The SMILES string of the molecule is Cc1cnc(OC2CCC(N)CC2)nc1. The number of nitrogens with two attached hydrogens (primary N) is 1. The van der Waals surface area contributed by atoms with Gasteiger partial charge < -0.3 is 10.5 Å². The maximum absolute atomic E-state index is 5.82. The van der Waals surface area contributed by atoms with E-state index in [1.165, 1.54) is 0 Å². The first-order chi connectivity index (χ1) is 7.24. The number of hydrogen-bond donors (Lipinski definition) is 1. The van der Waals surface area contributed by atoms with Crippen molar-refractivity contribution < 1.29 is 4.74 Å². The average molecular weight is 207 g/mol. The van der Waals surface area contributed by atoms with Gasteiger partial charge in [0, 0.05) is 18.4 Å². The molecule has 0 aromatic carbocycles. The predicted octanol–water partition coefficient (Wildman–Crippen LogP) is 1.43. The van der Waals surface area contributed by atoms with Gasteiger partial charge in [-0.1, -0.05) is 0 Å². The lowest BCUT2D eigenvalue weighted by molar-refractivity contribution is 0.134. The van der Waals surface area contributed by atoms with E-state index >= 15 is 0 Å². The highest BCUT2D eigenvalue weighted by atomic mass is 16.5. The van der Waals surface area contributed by atoms with Gasteiger partial charge in [-0.25, -0.2) is 9.97 Å². The Bertz CT molecular complexity index is 304. The number of aromatic nitrogens is 2. The molecule has 2 N–H and O–H groups in total. The van der Waals surface area contributed by atoms with Gasteiger partial charge >= 0.3 is 6.01 Å². The summed E-state index contributed by atoms with van der Waals surface area (Å²) in [7, 11) is 0. The maximum Gasteiger partial charge on any atom is 0.316 e. The van der Waals surface area contributed by atoms with Gasteiger partial charge in [0.25, 0.3) is 0 Å². The average Bonchev–Trinajstić information content (AvgIpc) is 2.25. The number of hydrogen-bond acceptors (Lipinski definition) is 4. The molecule has 4 nitrogen and oxygen atoms in total. The van der Waals surface area contributed by atoms with Crippen LogP contribution in [0.15, 0.2) is 12.4 Å². The molecule has 1 aliphatic rings. The maximum atomic E-state index is 5.82. The highest BCUT2D eigenvalue weighted by Gasteiger charge is 2.20. The Labute approximate surface area is 89.9 Å². The third kappa shape index (κ3) is 2.89. The van der Waals surface area contributed by atoms with E-state index in [9.17, 15) is 0 Å². The van der Waals surface area contributed by atoms with Crippen LogP contribution in [-0.4, -0.2) is 22.1 Å². The number of nitrogens with zero attached hydrogens (tertiary/aromatic N) is 2. The number of aryl methyl sites for hydroxylation is 1. The molecule has 0 spiro atoms. The second-order valence-corrected chi connectivity index (χ2v) is 4.20. The van der Waals surface area contributed by atoms with Gasteiger partial charge in [-0.15, -0.1) is 0 Å². The van der Waals surface area contributed by atoms with Crippen LogP contribution in [0.5, 0.6) is 6.01 Å². The fourth-order valence-electron chi connectivity index (χ4n) is 1.80. The smallest absolute Gasteiger partial charge is 0.316 e. The van der Waals surface area contributed by atoms with Gasteiger partial charge in [-0.3, -0.25) is 0 Å². The Balaban J connectivity index is 1.89. The molecular formula is C11H17N3O. The van der Waals surface area contributed by atoms with Crippen LogP contribution in [0.25, 0.3) is 0 Å². The van der Waals surface area contributed by atoms with Crippen molar-refractivity contribution >= 4 is 0 Å². The molecule has 1 aliphatic carbocycles.